The van der Waals surface area contributed by atoms with E-state index in [1.54, 1.807) is 29.8 Å². The number of hydrogen-bond acceptors (Lipinski definition) is 3. The van der Waals surface area contributed by atoms with Crippen molar-refractivity contribution in [3.8, 4) is 11.3 Å². The minimum Gasteiger partial charge on any atom is -0.476 e. The van der Waals surface area contributed by atoms with E-state index in [1.165, 1.54) is 11.8 Å². The Morgan fingerprint density at radius 2 is 2.11 bits per heavy atom. The van der Waals surface area contributed by atoms with E-state index >= 15 is 0 Å². The number of aromatic nitrogens is 2. The lowest BCUT2D eigenvalue weighted by Gasteiger charge is -2.07. The van der Waals surface area contributed by atoms with Crippen LogP contribution >= 0.6 is 23.4 Å². The molecule has 0 aliphatic rings. The fourth-order valence-corrected chi connectivity index (χ4v) is 2.54. The maximum Gasteiger partial charge on any atom is 0.356 e. The predicted molar refractivity (Wildman–Crippen MR) is 72.4 cm³/mol. The van der Waals surface area contributed by atoms with Crippen LogP contribution in [0.2, 0.25) is 5.02 Å². The molecule has 6 heteroatoms. The normalized spacial score (nSPS) is 10.6. The van der Waals surface area contributed by atoms with Crippen LogP contribution in [-0.2, 0) is 7.05 Å². The summed E-state index contributed by atoms with van der Waals surface area (Å²) in [5.41, 5.74) is 1.22. The smallest absolute Gasteiger partial charge is 0.356 e. The average Bonchev–Trinajstić information content (AvgIpc) is 2.67. The van der Waals surface area contributed by atoms with Crippen molar-refractivity contribution < 1.29 is 9.90 Å². The van der Waals surface area contributed by atoms with Gasteiger partial charge in [0.05, 0.1) is 5.69 Å². The van der Waals surface area contributed by atoms with Crippen molar-refractivity contribution in [2.24, 2.45) is 7.05 Å². The predicted octanol–water partition coefficient (Wildman–Crippen LogP) is 3.16. The number of rotatable bonds is 3. The van der Waals surface area contributed by atoms with Gasteiger partial charge in [-0.15, -0.1) is 0 Å². The monoisotopic (exact) mass is 282 g/mol. The van der Waals surface area contributed by atoms with Gasteiger partial charge >= 0.3 is 5.97 Å². The summed E-state index contributed by atoms with van der Waals surface area (Å²) in [6, 6.07) is 7.14. The molecule has 0 bridgehead atoms. The van der Waals surface area contributed by atoms with Gasteiger partial charge in [-0.2, -0.15) is 0 Å². The molecule has 0 radical (unpaired) electrons. The first-order chi connectivity index (χ1) is 8.56. The first-order valence-electron chi connectivity index (χ1n) is 5.15. The number of benzene rings is 1. The van der Waals surface area contributed by atoms with E-state index in [-0.39, 0.29) is 5.69 Å². The second-order valence-electron chi connectivity index (χ2n) is 3.64. The van der Waals surface area contributed by atoms with Crippen LogP contribution in [0.4, 0.5) is 0 Å². The first kappa shape index (κ1) is 13.0. The molecule has 1 aromatic heterocycles. The quantitative estimate of drug-likeness (QED) is 0.879. The third kappa shape index (κ3) is 2.11. The molecule has 1 N–H and O–H groups in total. The third-order valence-corrected chi connectivity index (χ3v) is 3.63. The number of hydrogen-bond donors (Lipinski definition) is 1. The van der Waals surface area contributed by atoms with Gasteiger partial charge in [-0.05, 0) is 12.3 Å². The highest BCUT2D eigenvalue weighted by Crippen LogP contribution is 2.32. The highest BCUT2D eigenvalue weighted by atomic mass is 35.5. The van der Waals surface area contributed by atoms with Gasteiger partial charge < -0.3 is 9.67 Å². The van der Waals surface area contributed by atoms with Crippen LogP contribution in [0.25, 0.3) is 11.3 Å². The van der Waals surface area contributed by atoms with Crippen LogP contribution in [0.1, 0.15) is 10.5 Å². The van der Waals surface area contributed by atoms with Gasteiger partial charge in [-0.25, -0.2) is 9.78 Å². The molecule has 1 aromatic carbocycles. The number of halogens is 1. The van der Waals surface area contributed by atoms with Gasteiger partial charge in [0.1, 0.15) is 0 Å². The number of nitrogens with zero attached hydrogens (tertiary/aromatic N) is 2. The molecule has 0 fully saturated rings. The molecule has 2 rings (SSSR count). The zero-order chi connectivity index (χ0) is 13.3. The van der Waals surface area contributed by atoms with Crippen LogP contribution in [0.3, 0.4) is 0 Å². The topological polar surface area (TPSA) is 55.1 Å². The lowest BCUT2D eigenvalue weighted by Crippen LogP contribution is -2.01. The molecular formula is C12H11ClN2O2S. The Hall–Kier alpha value is -1.46. The molecule has 4 nitrogen and oxygen atoms in total. The van der Waals surface area contributed by atoms with E-state index in [2.05, 4.69) is 4.98 Å². The minimum absolute atomic E-state index is 0.0231. The van der Waals surface area contributed by atoms with E-state index < -0.39 is 5.97 Å². The third-order valence-electron chi connectivity index (χ3n) is 2.57. The van der Waals surface area contributed by atoms with Crippen LogP contribution in [0.5, 0.6) is 0 Å². The summed E-state index contributed by atoms with van der Waals surface area (Å²) in [6.45, 7) is 0. The van der Waals surface area contributed by atoms with Crippen molar-refractivity contribution in [3.05, 3.63) is 35.0 Å². The van der Waals surface area contributed by atoms with Crippen molar-refractivity contribution in [2.75, 3.05) is 6.26 Å². The second-order valence-corrected chi connectivity index (χ2v) is 4.82. The largest absolute Gasteiger partial charge is 0.476 e. The van der Waals surface area contributed by atoms with Crippen molar-refractivity contribution in [1.29, 1.82) is 0 Å². The van der Waals surface area contributed by atoms with E-state index in [1.807, 2.05) is 12.3 Å². The van der Waals surface area contributed by atoms with Crippen molar-refractivity contribution in [1.82, 2.24) is 9.55 Å². The van der Waals surface area contributed by atoms with E-state index in [0.29, 0.717) is 21.4 Å². The average molecular weight is 283 g/mol. The summed E-state index contributed by atoms with van der Waals surface area (Å²) in [4.78, 5) is 15.4. The molecule has 0 amide bonds. The Balaban J connectivity index is 2.74. The summed E-state index contributed by atoms with van der Waals surface area (Å²) in [5.74, 6) is -1.05. The Morgan fingerprint density at radius 1 is 1.44 bits per heavy atom. The van der Waals surface area contributed by atoms with Crippen LogP contribution in [-0.4, -0.2) is 26.9 Å². The lowest BCUT2D eigenvalue weighted by atomic mass is 10.1. The van der Waals surface area contributed by atoms with Crippen molar-refractivity contribution in [3.63, 3.8) is 0 Å². The van der Waals surface area contributed by atoms with Gasteiger partial charge in [-0.3, -0.25) is 0 Å². The summed E-state index contributed by atoms with van der Waals surface area (Å²) >= 11 is 7.51. The Morgan fingerprint density at radius 3 is 2.67 bits per heavy atom. The van der Waals surface area contributed by atoms with Gasteiger partial charge in [0.25, 0.3) is 0 Å². The zero-order valence-electron chi connectivity index (χ0n) is 9.85. The molecule has 94 valence electrons. The standard InChI is InChI=1S/C12H11ClN2O2S/c1-15-10(7-5-3-4-6-8(7)13)9(11(16)17)14-12(15)18-2/h3-6H,1-2H3,(H,16,17). The highest BCUT2D eigenvalue weighted by molar-refractivity contribution is 7.98. The number of carboxylic acids is 1. The Kier molecular flexibility index (Phi) is 3.63. The van der Waals surface area contributed by atoms with Crippen molar-refractivity contribution >= 4 is 29.3 Å². The van der Waals surface area contributed by atoms with E-state index in [0.717, 1.165) is 0 Å². The summed E-state index contributed by atoms with van der Waals surface area (Å²) in [7, 11) is 1.78. The highest BCUT2D eigenvalue weighted by Gasteiger charge is 2.22. The van der Waals surface area contributed by atoms with E-state index in [4.69, 9.17) is 11.6 Å². The van der Waals surface area contributed by atoms with Gasteiger partial charge in [-0.1, -0.05) is 41.6 Å². The second kappa shape index (κ2) is 5.04. The number of aromatic carboxylic acids is 1. The maximum atomic E-state index is 11.3. The molecule has 0 aliphatic heterocycles. The van der Waals surface area contributed by atoms with E-state index in [9.17, 15) is 9.90 Å². The molecule has 1 heterocycles. The lowest BCUT2D eigenvalue weighted by molar-refractivity contribution is 0.0691. The fraction of sp³-hybridized carbons (Fsp3) is 0.167. The molecule has 0 atom stereocenters. The minimum atomic E-state index is -1.05. The zero-order valence-corrected chi connectivity index (χ0v) is 11.4. The molecule has 0 spiro atoms. The molecule has 2 aromatic rings. The number of carbonyl (C=O) groups is 1. The van der Waals surface area contributed by atoms with Gasteiger partial charge in [0, 0.05) is 17.6 Å². The summed E-state index contributed by atoms with van der Waals surface area (Å²) < 4.78 is 1.75. The molecule has 18 heavy (non-hydrogen) atoms. The van der Waals surface area contributed by atoms with Crippen molar-refractivity contribution in [2.45, 2.75) is 5.16 Å². The van der Waals surface area contributed by atoms with Crippen LogP contribution in [0, 0.1) is 0 Å². The molecule has 0 unspecified atom stereocenters. The SMILES string of the molecule is CSc1nc(C(=O)O)c(-c2ccccc2Cl)n1C. The number of thioether (sulfide) groups is 1. The van der Waals surface area contributed by atoms with Crippen LogP contribution in [0.15, 0.2) is 29.4 Å². The first-order valence-corrected chi connectivity index (χ1v) is 6.75. The molecule has 0 aliphatic carbocycles. The Labute approximate surface area is 114 Å². The van der Waals surface area contributed by atoms with Gasteiger partial charge in [0.15, 0.2) is 10.9 Å². The maximum absolute atomic E-state index is 11.3. The molecular weight excluding hydrogens is 272 g/mol. The van der Waals surface area contributed by atoms with Gasteiger partial charge in [0.2, 0.25) is 0 Å². The fourth-order valence-electron chi connectivity index (χ4n) is 1.77. The number of carboxylic acid groups (broad SMARTS) is 1. The molecule has 0 saturated carbocycles. The molecule has 0 saturated heterocycles. The Bertz CT molecular complexity index is 610. The summed E-state index contributed by atoms with van der Waals surface area (Å²) in [5, 5.41) is 10.4. The van der Waals surface area contributed by atoms with Crippen LogP contribution < -0.4 is 0 Å². The number of imidazole rings is 1. The summed E-state index contributed by atoms with van der Waals surface area (Å²) in [6.07, 6.45) is 1.85.